The minimum atomic E-state index is 0.595. The molecule has 0 saturated heterocycles. The van der Waals surface area contributed by atoms with Gasteiger partial charge in [0.15, 0.2) is 22.1 Å². The van der Waals surface area contributed by atoms with E-state index in [2.05, 4.69) is 16.3 Å². The van der Waals surface area contributed by atoms with Crippen LogP contribution in [0.2, 0.25) is 0 Å². The first-order chi connectivity index (χ1) is 13.7. The molecule has 0 atom stereocenters. The molecule has 3 rings (SSSR count). The van der Waals surface area contributed by atoms with Gasteiger partial charge >= 0.3 is 0 Å². The zero-order valence-corrected chi connectivity index (χ0v) is 17.2. The number of rotatable bonds is 9. The summed E-state index contributed by atoms with van der Waals surface area (Å²) in [6.07, 6.45) is 0.795. The lowest BCUT2D eigenvalue weighted by Crippen LogP contribution is -2.05. The van der Waals surface area contributed by atoms with Gasteiger partial charge in [0.1, 0.15) is 5.75 Å². The zero-order chi connectivity index (χ0) is 19.9. The summed E-state index contributed by atoms with van der Waals surface area (Å²) in [5.74, 6) is 3.16. The lowest BCUT2D eigenvalue weighted by molar-refractivity contribution is 0.287. The van der Waals surface area contributed by atoms with Crippen molar-refractivity contribution in [3.63, 3.8) is 0 Å². The third-order valence-corrected chi connectivity index (χ3v) is 4.65. The van der Waals surface area contributed by atoms with Crippen molar-refractivity contribution in [3.8, 4) is 28.6 Å². The second-order valence-electron chi connectivity index (χ2n) is 6.13. The number of aromatic nitrogens is 3. The second kappa shape index (κ2) is 9.41. The average molecular weight is 400 g/mol. The minimum Gasteiger partial charge on any atom is -0.497 e. The highest BCUT2D eigenvalue weighted by atomic mass is 32.1. The Bertz CT molecular complexity index is 964. The Morgan fingerprint density at radius 2 is 1.71 bits per heavy atom. The van der Waals surface area contributed by atoms with E-state index < -0.39 is 0 Å². The monoisotopic (exact) mass is 399 g/mol. The standard InChI is InChI=1S/C21H25N3O3S/c1-4-26-18-11-6-15(14-19(18)27-5-2)12-13-24-20(22-23-21(24)28)16-7-9-17(25-3)10-8-16/h6-11,14H,4-5,12-13H2,1-3H3,(H,23,28). The fraction of sp³-hybridized carbons (Fsp3) is 0.333. The van der Waals surface area contributed by atoms with Gasteiger partial charge in [0, 0.05) is 12.1 Å². The number of H-pyrrole nitrogens is 1. The van der Waals surface area contributed by atoms with Gasteiger partial charge in [-0.3, -0.25) is 9.67 Å². The second-order valence-corrected chi connectivity index (χ2v) is 6.52. The molecule has 0 aliphatic rings. The van der Waals surface area contributed by atoms with Crippen molar-refractivity contribution >= 4 is 12.2 Å². The van der Waals surface area contributed by atoms with Gasteiger partial charge in [0.2, 0.25) is 0 Å². The highest BCUT2D eigenvalue weighted by Crippen LogP contribution is 2.29. The Morgan fingerprint density at radius 1 is 1.00 bits per heavy atom. The van der Waals surface area contributed by atoms with Crippen molar-refractivity contribution < 1.29 is 14.2 Å². The van der Waals surface area contributed by atoms with E-state index in [1.165, 1.54) is 0 Å². The van der Waals surface area contributed by atoms with Crippen molar-refractivity contribution in [2.75, 3.05) is 20.3 Å². The van der Waals surface area contributed by atoms with Gasteiger partial charge in [-0.25, -0.2) is 0 Å². The predicted octanol–water partition coefficient (Wildman–Crippen LogP) is 4.66. The van der Waals surface area contributed by atoms with E-state index in [1.807, 2.05) is 54.8 Å². The molecule has 0 fully saturated rings. The molecule has 3 aromatic rings. The molecule has 7 heteroatoms. The van der Waals surface area contributed by atoms with Gasteiger partial charge in [-0.2, -0.15) is 5.10 Å². The van der Waals surface area contributed by atoms with E-state index >= 15 is 0 Å². The van der Waals surface area contributed by atoms with Crippen molar-refractivity contribution in [2.24, 2.45) is 0 Å². The summed E-state index contributed by atoms with van der Waals surface area (Å²) in [7, 11) is 1.65. The fourth-order valence-corrected chi connectivity index (χ4v) is 3.20. The maximum absolute atomic E-state index is 5.72. The number of nitrogens with zero attached hydrogens (tertiary/aromatic N) is 2. The molecule has 6 nitrogen and oxygen atoms in total. The minimum absolute atomic E-state index is 0.595. The quantitative estimate of drug-likeness (QED) is 0.531. The number of aromatic amines is 1. The molecule has 148 valence electrons. The van der Waals surface area contributed by atoms with Gasteiger partial charge in [-0.1, -0.05) is 6.07 Å². The smallest absolute Gasteiger partial charge is 0.195 e. The third kappa shape index (κ3) is 4.54. The first-order valence-corrected chi connectivity index (χ1v) is 9.75. The molecule has 0 amide bonds. The summed E-state index contributed by atoms with van der Waals surface area (Å²) < 4.78 is 19.2. The Kier molecular flexibility index (Phi) is 6.71. The normalized spacial score (nSPS) is 10.7. The average Bonchev–Trinajstić information content (AvgIpc) is 3.09. The van der Waals surface area contributed by atoms with Crippen LogP contribution in [0.1, 0.15) is 19.4 Å². The summed E-state index contributed by atoms with van der Waals surface area (Å²) in [5.41, 5.74) is 2.13. The third-order valence-electron chi connectivity index (χ3n) is 4.34. The molecule has 0 bridgehead atoms. The number of ether oxygens (including phenoxy) is 3. The lowest BCUT2D eigenvalue weighted by atomic mass is 10.1. The fourth-order valence-electron chi connectivity index (χ4n) is 2.98. The molecule has 1 heterocycles. The maximum Gasteiger partial charge on any atom is 0.195 e. The van der Waals surface area contributed by atoms with Gasteiger partial charge in [-0.15, -0.1) is 0 Å². The van der Waals surface area contributed by atoms with E-state index in [-0.39, 0.29) is 0 Å². The van der Waals surface area contributed by atoms with Crippen LogP contribution in [0.25, 0.3) is 11.4 Å². The molecular weight excluding hydrogens is 374 g/mol. The molecule has 0 unspecified atom stereocenters. The van der Waals surface area contributed by atoms with E-state index in [0.717, 1.165) is 40.6 Å². The highest BCUT2D eigenvalue weighted by Gasteiger charge is 2.11. The predicted molar refractivity (Wildman–Crippen MR) is 112 cm³/mol. The highest BCUT2D eigenvalue weighted by molar-refractivity contribution is 7.71. The van der Waals surface area contributed by atoms with E-state index in [9.17, 15) is 0 Å². The zero-order valence-electron chi connectivity index (χ0n) is 16.4. The Balaban J connectivity index is 1.80. The Labute approximate surface area is 170 Å². The van der Waals surface area contributed by atoms with Crippen LogP contribution < -0.4 is 14.2 Å². The van der Waals surface area contributed by atoms with Crippen molar-refractivity contribution in [2.45, 2.75) is 26.8 Å². The van der Waals surface area contributed by atoms with Gasteiger partial charge in [-0.05, 0) is 74.4 Å². The summed E-state index contributed by atoms with van der Waals surface area (Å²) in [6.45, 7) is 5.84. The molecule has 0 aliphatic carbocycles. The SMILES string of the molecule is CCOc1ccc(CCn2c(-c3ccc(OC)cc3)n[nH]c2=S)cc1OCC. The molecule has 2 aromatic carbocycles. The molecule has 0 radical (unpaired) electrons. The number of hydrogen-bond donors (Lipinski definition) is 1. The van der Waals surface area contributed by atoms with E-state index in [4.69, 9.17) is 26.4 Å². The first-order valence-electron chi connectivity index (χ1n) is 9.34. The summed E-state index contributed by atoms with van der Waals surface area (Å²) in [4.78, 5) is 0. The largest absolute Gasteiger partial charge is 0.497 e. The van der Waals surface area contributed by atoms with Crippen LogP contribution in [0.5, 0.6) is 17.2 Å². The summed E-state index contributed by atoms with van der Waals surface area (Å²) >= 11 is 5.44. The van der Waals surface area contributed by atoms with Gasteiger partial charge in [0.05, 0.1) is 20.3 Å². The summed E-state index contributed by atoms with van der Waals surface area (Å²) in [6, 6.07) is 13.8. The van der Waals surface area contributed by atoms with Gasteiger partial charge < -0.3 is 14.2 Å². The van der Waals surface area contributed by atoms with Crippen LogP contribution in [0.4, 0.5) is 0 Å². The molecule has 28 heavy (non-hydrogen) atoms. The number of nitrogens with one attached hydrogen (secondary N) is 1. The van der Waals surface area contributed by atoms with Crippen molar-refractivity contribution in [1.82, 2.24) is 14.8 Å². The Hall–Kier alpha value is -2.80. The van der Waals surface area contributed by atoms with Crippen LogP contribution in [-0.2, 0) is 13.0 Å². The molecule has 0 aliphatic heterocycles. The number of benzene rings is 2. The van der Waals surface area contributed by atoms with E-state index in [1.54, 1.807) is 7.11 Å². The van der Waals surface area contributed by atoms with Gasteiger partial charge in [0.25, 0.3) is 0 Å². The number of hydrogen-bond acceptors (Lipinski definition) is 5. The van der Waals surface area contributed by atoms with Crippen LogP contribution in [0, 0.1) is 4.77 Å². The molecule has 0 saturated carbocycles. The Morgan fingerprint density at radius 3 is 2.39 bits per heavy atom. The van der Waals surface area contributed by atoms with Crippen LogP contribution in [-0.4, -0.2) is 35.1 Å². The molecule has 1 N–H and O–H groups in total. The lowest BCUT2D eigenvalue weighted by Gasteiger charge is -2.13. The number of methoxy groups -OCH3 is 1. The molecule has 0 spiro atoms. The number of aryl methyl sites for hydroxylation is 1. The summed E-state index contributed by atoms with van der Waals surface area (Å²) in [5, 5.41) is 7.30. The van der Waals surface area contributed by atoms with Crippen LogP contribution in [0.15, 0.2) is 42.5 Å². The van der Waals surface area contributed by atoms with Crippen molar-refractivity contribution in [3.05, 3.63) is 52.8 Å². The molecule has 1 aromatic heterocycles. The first kappa shape index (κ1) is 19.9. The maximum atomic E-state index is 5.72. The van der Waals surface area contributed by atoms with Crippen LogP contribution in [0.3, 0.4) is 0 Å². The van der Waals surface area contributed by atoms with E-state index in [0.29, 0.717) is 24.5 Å². The topological polar surface area (TPSA) is 61.3 Å². The molecular formula is C21H25N3O3S. The van der Waals surface area contributed by atoms with Crippen molar-refractivity contribution in [1.29, 1.82) is 0 Å². The van der Waals surface area contributed by atoms with Crippen LogP contribution >= 0.6 is 12.2 Å².